The highest BCUT2D eigenvalue weighted by Crippen LogP contribution is 2.20. The van der Waals surface area contributed by atoms with Crippen molar-refractivity contribution in [3.63, 3.8) is 0 Å². The standard InChI is InChI=1S/C14H22ClN3/c1-10(2)18(7-6-14(16)17)9-12-5-4-11(3)8-13(12)15/h4-5,8,10H,6-7,9H2,1-3H3,(H3,16,17). The van der Waals surface area contributed by atoms with Gasteiger partial charge in [0.25, 0.3) is 0 Å². The minimum absolute atomic E-state index is 0.232. The average Bonchev–Trinajstić information content (AvgIpc) is 2.26. The van der Waals surface area contributed by atoms with Gasteiger partial charge in [-0.2, -0.15) is 0 Å². The van der Waals surface area contributed by atoms with E-state index in [-0.39, 0.29) is 5.84 Å². The number of rotatable bonds is 6. The first-order valence-corrected chi connectivity index (χ1v) is 6.60. The van der Waals surface area contributed by atoms with Crippen LogP contribution in [0, 0.1) is 12.3 Å². The van der Waals surface area contributed by atoms with E-state index in [1.165, 1.54) is 5.56 Å². The van der Waals surface area contributed by atoms with Crippen molar-refractivity contribution in [2.45, 2.75) is 39.8 Å². The van der Waals surface area contributed by atoms with Gasteiger partial charge in [0.15, 0.2) is 0 Å². The Kier molecular flexibility index (Phi) is 5.63. The Hall–Kier alpha value is -1.06. The van der Waals surface area contributed by atoms with Crippen LogP contribution in [-0.2, 0) is 6.54 Å². The molecule has 1 rings (SSSR count). The number of benzene rings is 1. The fourth-order valence-electron chi connectivity index (χ4n) is 1.78. The molecule has 0 radical (unpaired) electrons. The Morgan fingerprint density at radius 3 is 2.61 bits per heavy atom. The van der Waals surface area contributed by atoms with Crippen LogP contribution in [0.3, 0.4) is 0 Å². The number of amidine groups is 1. The molecule has 1 aromatic carbocycles. The van der Waals surface area contributed by atoms with Crippen molar-refractivity contribution in [2.24, 2.45) is 5.73 Å². The summed E-state index contributed by atoms with van der Waals surface area (Å²) < 4.78 is 0. The molecular weight excluding hydrogens is 246 g/mol. The van der Waals surface area contributed by atoms with E-state index in [2.05, 4.69) is 30.9 Å². The molecule has 0 unspecified atom stereocenters. The summed E-state index contributed by atoms with van der Waals surface area (Å²) in [6, 6.07) is 6.54. The summed E-state index contributed by atoms with van der Waals surface area (Å²) in [6.45, 7) is 7.90. The lowest BCUT2D eigenvalue weighted by molar-refractivity contribution is 0.219. The summed E-state index contributed by atoms with van der Waals surface area (Å²) in [6.07, 6.45) is 0.599. The first-order valence-electron chi connectivity index (χ1n) is 6.22. The smallest absolute Gasteiger partial charge is 0.0918 e. The highest BCUT2D eigenvalue weighted by molar-refractivity contribution is 6.31. The van der Waals surface area contributed by atoms with Crippen molar-refractivity contribution in [1.82, 2.24) is 4.90 Å². The molecule has 1 aromatic rings. The maximum absolute atomic E-state index is 7.30. The number of hydrogen-bond donors (Lipinski definition) is 2. The van der Waals surface area contributed by atoms with Gasteiger partial charge in [-0.25, -0.2) is 0 Å². The first kappa shape index (κ1) is 15.0. The highest BCUT2D eigenvalue weighted by atomic mass is 35.5. The minimum atomic E-state index is 0.232. The van der Waals surface area contributed by atoms with Gasteiger partial charge in [-0.05, 0) is 38.0 Å². The second kappa shape index (κ2) is 6.76. The minimum Gasteiger partial charge on any atom is -0.388 e. The predicted molar refractivity (Wildman–Crippen MR) is 78.3 cm³/mol. The SMILES string of the molecule is Cc1ccc(CN(CCC(=N)N)C(C)C)c(Cl)c1. The monoisotopic (exact) mass is 267 g/mol. The van der Waals surface area contributed by atoms with Gasteiger partial charge in [0.1, 0.15) is 0 Å². The van der Waals surface area contributed by atoms with Crippen LogP contribution in [0.25, 0.3) is 0 Å². The van der Waals surface area contributed by atoms with Gasteiger partial charge in [0.2, 0.25) is 0 Å². The van der Waals surface area contributed by atoms with Gasteiger partial charge in [-0.15, -0.1) is 0 Å². The molecule has 0 aromatic heterocycles. The van der Waals surface area contributed by atoms with Gasteiger partial charge < -0.3 is 5.73 Å². The summed E-state index contributed by atoms with van der Waals surface area (Å²) in [5.74, 6) is 0.232. The van der Waals surface area contributed by atoms with Crippen LogP contribution in [0.1, 0.15) is 31.4 Å². The number of nitrogens with two attached hydrogens (primary N) is 1. The summed E-state index contributed by atoms with van der Waals surface area (Å²) in [5, 5.41) is 8.11. The number of aryl methyl sites for hydroxylation is 1. The molecule has 3 nitrogen and oxygen atoms in total. The van der Waals surface area contributed by atoms with Gasteiger partial charge in [0.05, 0.1) is 5.84 Å². The second-order valence-electron chi connectivity index (χ2n) is 4.93. The van der Waals surface area contributed by atoms with Gasteiger partial charge in [0, 0.05) is 30.6 Å². The van der Waals surface area contributed by atoms with Crippen LogP contribution in [0.4, 0.5) is 0 Å². The van der Waals surface area contributed by atoms with Crippen molar-refractivity contribution >= 4 is 17.4 Å². The van der Waals surface area contributed by atoms with E-state index >= 15 is 0 Å². The summed E-state index contributed by atoms with van der Waals surface area (Å²) in [7, 11) is 0. The lowest BCUT2D eigenvalue weighted by Crippen LogP contribution is -2.33. The fourth-order valence-corrected chi connectivity index (χ4v) is 2.08. The topological polar surface area (TPSA) is 53.1 Å². The normalized spacial score (nSPS) is 11.2. The Morgan fingerprint density at radius 2 is 2.11 bits per heavy atom. The molecule has 100 valence electrons. The zero-order chi connectivity index (χ0) is 13.7. The van der Waals surface area contributed by atoms with Crippen LogP contribution in [0.15, 0.2) is 18.2 Å². The van der Waals surface area contributed by atoms with Crippen molar-refractivity contribution in [3.8, 4) is 0 Å². The highest BCUT2D eigenvalue weighted by Gasteiger charge is 2.12. The molecule has 0 fully saturated rings. The van der Waals surface area contributed by atoms with Crippen LogP contribution in [-0.4, -0.2) is 23.3 Å². The van der Waals surface area contributed by atoms with Crippen molar-refractivity contribution in [2.75, 3.05) is 6.54 Å². The Balaban J connectivity index is 2.73. The molecule has 0 aliphatic heterocycles. The van der Waals surface area contributed by atoms with Crippen LogP contribution < -0.4 is 5.73 Å². The predicted octanol–water partition coefficient (Wildman–Crippen LogP) is 3.18. The maximum atomic E-state index is 7.30. The summed E-state index contributed by atoms with van der Waals surface area (Å²) in [4.78, 5) is 2.28. The fraction of sp³-hybridized carbons (Fsp3) is 0.500. The van der Waals surface area contributed by atoms with Crippen molar-refractivity contribution < 1.29 is 0 Å². The molecule has 0 saturated carbocycles. The summed E-state index contributed by atoms with van der Waals surface area (Å²) >= 11 is 6.25. The van der Waals surface area contributed by atoms with E-state index in [1.807, 2.05) is 13.0 Å². The molecule has 0 atom stereocenters. The number of hydrogen-bond acceptors (Lipinski definition) is 2. The van der Waals surface area contributed by atoms with Crippen LogP contribution >= 0.6 is 11.6 Å². The van der Waals surface area contributed by atoms with E-state index in [0.29, 0.717) is 12.5 Å². The second-order valence-corrected chi connectivity index (χ2v) is 5.34. The van der Waals surface area contributed by atoms with Crippen LogP contribution in [0.2, 0.25) is 5.02 Å². The van der Waals surface area contributed by atoms with E-state index in [1.54, 1.807) is 0 Å². The molecule has 0 aliphatic carbocycles. The maximum Gasteiger partial charge on any atom is 0.0918 e. The Labute approximate surface area is 114 Å². The summed E-state index contributed by atoms with van der Waals surface area (Å²) in [5.41, 5.74) is 7.71. The van der Waals surface area contributed by atoms with Gasteiger partial charge >= 0.3 is 0 Å². The molecule has 4 heteroatoms. The van der Waals surface area contributed by atoms with Gasteiger partial charge in [-0.1, -0.05) is 23.7 Å². The first-order chi connectivity index (χ1) is 8.40. The van der Waals surface area contributed by atoms with E-state index in [0.717, 1.165) is 23.7 Å². The number of halogens is 1. The number of nitrogens with zero attached hydrogens (tertiary/aromatic N) is 1. The molecule has 0 spiro atoms. The lowest BCUT2D eigenvalue weighted by atomic mass is 10.1. The molecule has 0 aliphatic rings. The molecule has 0 saturated heterocycles. The third kappa shape index (κ3) is 4.67. The Morgan fingerprint density at radius 1 is 1.44 bits per heavy atom. The van der Waals surface area contributed by atoms with Crippen molar-refractivity contribution in [3.05, 3.63) is 34.3 Å². The van der Waals surface area contributed by atoms with Crippen LogP contribution in [0.5, 0.6) is 0 Å². The van der Waals surface area contributed by atoms with E-state index < -0.39 is 0 Å². The average molecular weight is 268 g/mol. The lowest BCUT2D eigenvalue weighted by Gasteiger charge is -2.26. The molecule has 18 heavy (non-hydrogen) atoms. The van der Waals surface area contributed by atoms with E-state index in [9.17, 15) is 0 Å². The zero-order valence-corrected chi connectivity index (χ0v) is 12.1. The third-order valence-electron chi connectivity index (χ3n) is 2.98. The number of nitrogens with one attached hydrogen (secondary N) is 1. The molecular formula is C14H22ClN3. The Bertz CT molecular complexity index is 416. The zero-order valence-electron chi connectivity index (χ0n) is 11.3. The quantitative estimate of drug-likeness (QED) is 0.614. The van der Waals surface area contributed by atoms with Crippen molar-refractivity contribution in [1.29, 1.82) is 5.41 Å². The third-order valence-corrected chi connectivity index (χ3v) is 3.33. The molecule has 3 N–H and O–H groups in total. The molecule has 0 heterocycles. The molecule has 0 amide bonds. The van der Waals surface area contributed by atoms with E-state index in [4.69, 9.17) is 22.7 Å². The van der Waals surface area contributed by atoms with Gasteiger partial charge in [-0.3, -0.25) is 10.3 Å². The largest absolute Gasteiger partial charge is 0.388 e. The molecule has 0 bridgehead atoms.